The molecule has 2 N–H and O–H groups in total. The van der Waals surface area contributed by atoms with Crippen molar-refractivity contribution in [3.05, 3.63) is 30.3 Å². The van der Waals surface area contributed by atoms with Gasteiger partial charge in [0.25, 0.3) is 0 Å². The van der Waals surface area contributed by atoms with E-state index >= 15 is 0 Å². The van der Waals surface area contributed by atoms with Gasteiger partial charge in [-0.2, -0.15) is 0 Å². The highest BCUT2D eigenvalue weighted by Crippen LogP contribution is 2.17. The lowest BCUT2D eigenvalue weighted by Gasteiger charge is -2.35. The summed E-state index contributed by atoms with van der Waals surface area (Å²) in [6.07, 6.45) is 3.22. The largest absolute Gasteiger partial charge is 0.492 e. The molecule has 2 rings (SSSR count). The minimum absolute atomic E-state index is 0.0158. The lowest BCUT2D eigenvalue weighted by atomic mass is 10.0. The Morgan fingerprint density at radius 1 is 1.29 bits per heavy atom. The Balaban J connectivity index is 1.66. The van der Waals surface area contributed by atoms with Gasteiger partial charge in [-0.25, -0.2) is 4.79 Å². The Labute approximate surface area is 143 Å². The molecule has 1 fully saturated rings. The van der Waals surface area contributed by atoms with Gasteiger partial charge in [-0.3, -0.25) is 4.79 Å². The maximum Gasteiger partial charge on any atom is 0.315 e. The number of carbonyl (C=O) groups is 2. The van der Waals surface area contributed by atoms with Crippen LogP contribution in [0.5, 0.6) is 5.75 Å². The minimum Gasteiger partial charge on any atom is -0.492 e. The predicted molar refractivity (Wildman–Crippen MR) is 93.0 cm³/mol. The highest BCUT2D eigenvalue weighted by atomic mass is 16.5. The molecule has 0 aliphatic carbocycles. The third kappa shape index (κ3) is 5.44. The highest BCUT2D eigenvalue weighted by molar-refractivity contribution is 5.86. The molecule has 0 radical (unpaired) electrons. The number of hydrogen-bond acceptors (Lipinski definition) is 3. The molecule has 0 bridgehead atoms. The fourth-order valence-electron chi connectivity index (χ4n) is 2.83. The number of urea groups is 1. The molecular weight excluding hydrogens is 306 g/mol. The van der Waals surface area contributed by atoms with E-state index in [1.807, 2.05) is 35.2 Å². The summed E-state index contributed by atoms with van der Waals surface area (Å²) in [5.41, 5.74) is 0. The zero-order valence-corrected chi connectivity index (χ0v) is 14.5. The third-order valence-corrected chi connectivity index (χ3v) is 4.20. The average Bonchev–Trinajstić information content (AvgIpc) is 2.59. The van der Waals surface area contributed by atoms with Gasteiger partial charge in [0.15, 0.2) is 0 Å². The molecule has 0 saturated carbocycles. The van der Waals surface area contributed by atoms with Crippen molar-refractivity contribution in [1.29, 1.82) is 0 Å². The van der Waals surface area contributed by atoms with Crippen LogP contribution in [0.4, 0.5) is 4.79 Å². The van der Waals surface area contributed by atoms with Crippen LogP contribution in [-0.4, -0.2) is 48.6 Å². The van der Waals surface area contributed by atoms with Crippen LogP contribution in [-0.2, 0) is 4.79 Å². The van der Waals surface area contributed by atoms with Crippen molar-refractivity contribution < 1.29 is 14.3 Å². The van der Waals surface area contributed by atoms with Gasteiger partial charge in [0.05, 0.1) is 6.54 Å². The summed E-state index contributed by atoms with van der Waals surface area (Å²) < 4.78 is 5.50. The molecule has 2 atom stereocenters. The Morgan fingerprint density at radius 3 is 2.75 bits per heavy atom. The van der Waals surface area contributed by atoms with Gasteiger partial charge in [0, 0.05) is 12.6 Å². The first kappa shape index (κ1) is 18.1. The number of carbonyl (C=O) groups excluding carboxylic acids is 2. The Hall–Kier alpha value is -2.24. The van der Waals surface area contributed by atoms with Crippen molar-refractivity contribution in [2.75, 3.05) is 19.7 Å². The van der Waals surface area contributed by atoms with Crippen LogP contribution in [0.1, 0.15) is 33.1 Å². The van der Waals surface area contributed by atoms with Crippen LogP contribution in [0, 0.1) is 0 Å². The number of benzene rings is 1. The van der Waals surface area contributed by atoms with E-state index in [0.29, 0.717) is 13.2 Å². The van der Waals surface area contributed by atoms with Crippen LogP contribution in [0.25, 0.3) is 0 Å². The van der Waals surface area contributed by atoms with Crippen LogP contribution in [0.2, 0.25) is 0 Å². The third-order valence-electron chi connectivity index (χ3n) is 4.20. The molecule has 1 aliphatic heterocycles. The first-order valence-electron chi connectivity index (χ1n) is 8.60. The van der Waals surface area contributed by atoms with E-state index in [-0.39, 0.29) is 18.0 Å². The SMILES string of the molecule is C[C@H](NC(=O)NCCOc1ccccc1)C(=O)N1CCCC[C@@H]1C. The fraction of sp³-hybridized carbons (Fsp3) is 0.556. The number of likely N-dealkylation sites (tertiary alicyclic amines) is 1. The molecule has 0 unspecified atom stereocenters. The number of nitrogens with zero attached hydrogens (tertiary/aromatic N) is 1. The van der Waals surface area contributed by atoms with E-state index in [9.17, 15) is 9.59 Å². The van der Waals surface area contributed by atoms with Crippen molar-refractivity contribution in [2.24, 2.45) is 0 Å². The smallest absolute Gasteiger partial charge is 0.315 e. The molecule has 132 valence electrons. The van der Waals surface area contributed by atoms with Gasteiger partial charge in [-0.1, -0.05) is 18.2 Å². The van der Waals surface area contributed by atoms with Gasteiger partial charge < -0.3 is 20.3 Å². The summed E-state index contributed by atoms with van der Waals surface area (Å²) in [5, 5.41) is 5.41. The number of amides is 3. The number of piperidine rings is 1. The van der Waals surface area contributed by atoms with Crippen LogP contribution >= 0.6 is 0 Å². The summed E-state index contributed by atoms with van der Waals surface area (Å²) in [5.74, 6) is 0.750. The quantitative estimate of drug-likeness (QED) is 0.784. The van der Waals surface area contributed by atoms with E-state index in [1.165, 1.54) is 0 Å². The number of para-hydroxylation sites is 1. The summed E-state index contributed by atoms with van der Waals surface area (Å²) in [4.78, 5) is 26.2. The number of rotatable bonds is 6. The maximum atomic E-state index is 12.4. The number of nitrogens with one attached hydrogen (secondary N) is 2. The van der Waals surface area contributed by atoms with Crippen molar-refractivity contribution in [2.45, 2.75) is 45.2 Å². The monoisotopic (exact) mass is 333 g/mol. The molecule has 3 amide bonds. The second-order valence-electron chi connectivity index (χ2n) is 6.16. The predicted octanol–water partition coefficient (Wildman–Crippen LogP) is 2.15. The first-order chi connectivity index (χ1) is 11.6. The van der Waals surface area contributed by atoms with Crippen molar-refractivity contribution in [3.8, 4) is 5.75 Å². The minimum atomic E-state index is -0.527. The lowest BCUT2D eigenvalue weighted by molar-refractivity contribution is -0.136. The summed E-state index contributed by atoms with van der Waals surface area (Å²) in [6, 6.07) is 8.80. The Kier molecular flexibility index (Phi) is 6.90. The maximum absolute atomic E-state index is 12.4. The second-order valence-corrected chi connectivity index (χ2v) is 6.16. The molecule has 24 heavy (non-hydrogen) atoms. The summed E-state index contributed by atoms with van der Waals surface area (Å²) in [6.45, 7) is 5.32. The highest BCUT2D eigenvalue weighted by Gasteiger charge is 2.27. The Morgan fingerprint density at radius 2 is 2.04 bits per heavy atom. The van der Waals surface area contributed by atoms with E-state index in [1.54, 1.807) is 6.92 Å². The van der Waals surface area contributed by atoms with Crippen LogP contribution < -0.4 is 15.4 Å². The molecule has 0 spiro atoms. The molecule has 1 aliphatic rings. The average molecular weight is 333 g/mol. The van der Waals surface area contributed by atoms with E-state index in [2.05, 4.69) is 17.6 Å². The zero-order chi connectivity index (χ0) is 17.4. The molecule has 6 heteroatoms. The van der Waals surface area contributed by atoms with Gasteiger partial charge in [0.1, 0.15) is 18.4 Å². The Bertz CT molecular complexity index is 536. The molecule has 1 aromatic rings. The molecule has 1 aromatic carbocycles. The number of ether oxygens (including phenoxy) is 1. The zero-order valence-electron chi connectivity index (χ0n) is 14.5. The molecular formula is C18H27N3O3. The molecule has 1 heterocycles. The first-order valence-corrected chi connectivity index (χ1v) is 8.60. The van der Waals surface area contributed by atoms with Crippen LogP contribution in [0.15, 0.2) is 30.3 Å². The van der Waals surface area contributed by atoms with E-state index in [0.717, 1.165) is 31.6 Å². The van der Waals surface area contributed by atoms with Gasteiger partial charge in [-0.15, -0.1) is 0 Å². The molecule has 1 saturated heterocycles. The molecule has 6 nitrogen and oxygen atoms in total. The van der Waals surface area contributed by atoms with Crippen molar-refractivity contribution in [3.63, 3.8) is 0 Å². The second kappa shape index (κ2) is 9.15. The summed E-state index contributed by atoms with van der Waals surface area (Å²) >= 11 is 0. The van der Waals surface area contributed by atoms with Crippen LogP contribution in [0.3, 0.4) is 0 Å². The standard InChI is InChI=1S/C18H27N3O3/c1-14-8-6-7-12-21(14)17(22)15(2)20-18(23)19-11-13-24-16-9-4-3-5-10-16/h3-5,9-10,14-15H,6-8,11-13H2,1-2H3,(H2,19,20,23)/t14-,15-/m0/s1. The lowest BCUT2D eigenvalue weighted by Crippen LogP contribution is -2.53. The normalized spacial score (nSPS) is 18.6. The van der Waals surface area contributed by atoms with Gasteiger partial charge in [0.2, 0.25) is 5.91 Å². The number of hydrogen-bond donors (Lipinski definition) is 2. The van der Waals surface area contributed by atoms with Crippen molar-refractivity contribution in [1.82, 2.24) is 15.5 Å². The van der Waals surface area contributed by atoms with Gasteiger partial charge in [-0.05, 0) is 45.2 Å². The van der Waals surface area contributed by atoms with Crippen molar-refractivity contribution >= 4 is 11.9 Å². The molecule has 0 aromatic heterocycles. The summed E-state index contributed by atoms with van der Waals surface area (Å²) in [7, 11) is 0. The van der Waals surface area contributed by atoms with E-state index in [4.69, 9.17) is 4.74 Å². The van der Waals surface area contributed by atoms with Gasteiger partial charge >= 0.3 is 6.03 Å². The fourth-order valence-corrected chi connectivity index (χ4v) is 2.83. The van der Waals surface area contributed by atoms with E-state index < -0.39 is 6.04 Å². The topological polar surface area (TPSA) is 70.7 Å².